The summed E-state index contributed by atoms with van der Waals surface area (Å²) in [5.41, 5.74) is 2.07. The monoisotopic (exact) mass is 355 g/mol. The molecule has 0 saturated heterocycles. The van der Waals surface area contributed by atoms with Crippen molar-refractivity contribution in [3.63, 3.8) is 0 Å². The predicted molar refractivity (Wildman–Crippen MR) is 99.9 cm³/mol. The van der Waals surface area contributed by atoms with E-state index in [1.54, 1.807) is 6.20 Å². The van der Waals surface area contributed by atoms with Crippen LogP contribution >= 0.6 is 0 Å². The highest BCUT2D eigenvalue weighted by molar-refractivity contribution is 5.74. The van der Waals surface area contributed by atoms with Crippen LogP contribution in [0.3, 0.4) is 0 Å². The van der Waals surface area contributed by atoms with Crippen molar-refractivity contribution in [1.29, 1.82) is 0 Å². The average Bonchev–Trinajstić information content (AvgIpc) is 2.65. The van der Waals surface area contributed by atoms with Gasteiger partial charge >= 0.3 is 12.0 Å². The van der Waals surface area contributed by atoms with Gasteiger partial charge in [-0.2, -0.15) is 0 Å². The van der Waals surface area contributed by atoms with Gasteiger partial charge in [-0.05, 0) is 43.4 Å². The summed E-state index contributed by atoms with van der Waals surface area (Å²) >= 11 is 0. The number of benzene rings is 1. The predicted octanol–water partition coefficient (Wildman–Crippen LogP) is 2.79. The second-order valence-electron chi connectivity index (χ2n) is 6.14. The van der Waals surface area contributed by atoms with Crippen molar-refractivity contribution in [3.8, 4) is 0 Å². The van der Waals surface area contributed by atoms with Crippen LogP contribution in [0.5, 0.6) is 0 Å². The van der Waals surface area contributed by atoms with E-state index in [1.807, 2.05) is 48.5 Å². The highest BCUT2D eigenvalue weighted by Gasteiger charge is 2.14. The van der Waals surface area contributed by atoms with Crippen molar-refractivity contribution in [2.75, 3.05) is 6.54 Å². The van der Waals surface area contributed by atoms with Gasteiger partial charge in [0.05, 0.1) is 0 Å². The number of amides is 2. The Morgan fingerprint density at radius 2 is 1.85 bits per heavy atom. The molecule has 6 nitrogen and oxygen atoms in total. The van der Waals surface area contributed by atoms with Gasteiger partial charge in [-0.1, -0.05) is 36.4 Å². The van der Waals surface area contributed by atoms with E-state index in [2.05, 4.69) is 15.6 Å². The maximum absolute atomic E-state index is 12.1. The molecule has 3 N–H and O–H groups in total. The lowest BCUT2D eigenvalue weighted by Gasteiger charge is -2.18. The molecule has 138 valence electrons. The first-order valence-electron chi connectivity index (χ1n) is 8.83. The molecule has 0 aliphatic rings. The summed E-state index contributed by atoms with van der Waals surface area (Å²) in [6, 6.07) is 15.0. The standard InChI is InChI=1S/C20H25N3O3/c24-19(25)12-11-18(15-16-7-2-1-3-8-16)23-20(26)22-14-6-10-17-9-4-5-13-21-17/h1-5,7-9,13,18H,6,10-12,14-15H2,(H,24,25)(H2,22,23,26). The third-order valence-electron chi connectivity index (χ3n) is 3.99. The Kier molecular flexibility index (Phi) is 8.12. The molecule has 0 aliphatic carbocycles. The van der Waals surface area contributed by atoms with Gasteiger partial charge < -0.3 is 15.7 Å². The largest absolute Gasteiger partial charge is 0.481 e. The zero-order valence-electron chi connectivity index (χ0n) is 14.7. The van der Waals surface area contributed by atoms with Gasteiger partial charge in [0.2, 0.25) is 0 Å². The van der Waals surface area contributed by atoms with Crippen LogP contribution in [0.1, 0.15) is 30.5 Å². The highest BCUT2D eigenvalue weighted by atomic mass is 16.4. The number of aryl methyl sites for hydroxylation is 1. The Balaban J connectivity index is 1.76. The van der Waals surface area contributed by atoms with Gasteiger partial charge in [-0.15, -0.1) is 0 Å². The van der Waals surface area contributed by atoms with Crippen LogP contribution < -0.4 is 10.6 Å². The summed E-state index contributed by atoms with van der Waals surface area (Å²) in [6.45, 7) is 0.541. The minimum absolute atomic E-state index is 0.0253. The Hall–Kier alpha value is -2.89. The number of aliphatic carboxylic acids is 1. The normalized spacial score (nSPS) is 11.5. The van der Waals surface area contributed by atoms with Crippen LogP contribution in [0.25, 0.3) is 0 Å². The zero-order valence-corrected chi connectivity index (χ0v) is 14.7. The van der Waals surface area contributed by atoms with Gasteiger partial charge in [0.1, 0.15) is 0 Å². The lowest BCUT2D eigenvalue weighted by Crippen LogP contribution is -2.43. The molecule has 0 bridgehead atoms. The van der Waals surface area contributed by atoms with Crippen LogP contribution in [-0.4, -0.2) is 34.7 Å². The smallest absolute Gasteiger partial charge is 0.315 e. The molecule has 2 rings (SSSR count). The van der Waals surface area contributed by atoms with E-state index in [0.29, 0.717) is 19.4 Å². The van der Waals surface area contributed by atoms with Gasteiger partial charge in [-0.25, -0.2) is 4.79 Å². The van der Waals surface area contributed by atoms with Gasteiger partial charge in [0.15, 0.2) is 0 Å². The number of hydrogen-bond donors (Lipinski definition) is 3. The molecule has 1 aromatic carbocycles. The third-order valence-corrected chi connectivity index (χ3v) is 3.99. The van der Waals surface area contributed by atoms with Crippen molar-refractivity contribution in [3.05, 3.63) is 66.0 Å². The molecule has 6 heteroatoms. The number of carbonyl (C=O) groups is 2. The maximum atomic E-state index is 12.1. The fraction of sp³-hybridized carbons (Fsp3) is 0.350. The minimum atomic E-state index is -0.861. The molecule has 2 aromatic rings. The first-order valence-corrected chi connectivity index (χ1v) is 8.83. The van der Waals surface area contributed by atoms with E-state index in [1.165, 1.54) is 0 Å². The Morgan fingerprint density at radius 3 is 2.54 bits per heavy atom. The first-order chi connectivity index (χ1) is 12.6. The number of nitrogens with zero attached hydrogens (tertiary/aromatic N) is 1. The van der Waals surface area contributed by atoms with E-state index < -0.39 is 5.97 Å². The SMILES string of the molecule is O=C(O)CCC(Cc1ccccc1)NC(=O)NCCCc1ccccn1. The van der Waals surface area contributed by atoms with E-state index in [-0.39, 0.29) is 18.5 Å². The molecule has 1 aromatic heterocycles. The van der Waals surface area contributed by atoms with E-state index in [4.69, 9.17) is 5.11 Å². The van der Waals surface area contributed by atoms with E-state index in [9.17, 15) is 9.59 Å². The lowest BCUT2D eigenvalue weighted by molar-refractivity contribution is -0.137. The number of rotatable bonds is 10. The molecular weight excluding hydrogens is 330 g/mol. The molecule has 1 unspecified atom stereocenters. The fourth-order valence-corrected chi connectivity index (χ4v) is 2.68. The Morgan fingerprint density at radius 1 is 1.08 bits per heavy atom. The molecule has 26 heavy (non-hydrogen) atoms. The summed E-state index contributed by atoms with van der Waals surface area (Å²) in [5.74, 6) is -0.861. The molecule has 2 amide bonds. The van der Waals surface area contributed by atoms with Crippen molar-refractivity contribution >= 4 is 12.0 Å². The van der Waals surface area contributed by atoms with Crippen LogP contribution in [0.15, 0.2) is 54.7 Å². The molecule has 0 aliphatic heterocycles. The summed E-state index contributed by atoms with van der Waals surface area (Å²) in [4.78, 5) is 27.2. The van der Waals surface area contributed by atoms with Gasteiger partial charge in [-0.3, -0.25) is 9.78 Å². The highest BCUT2D eigenvalue weighted by Crippen LogP contribution is 2.08. The molecule has 0 radical (unpaired) electrons. The first kappa shape index (κ1) is 19.4. The topological polar surface area (TPSA) is 91.3 Å². The summed E-state index contributed by atoms with van der Waals surface area (Å²) in [6.07, 6.45) is 4.38. The van der Waals surface area contributed by atoms with Crippen molar-refractivity contribution < 1.29 is 14.7 Å². The van der Waals surface area contributed by atoms with Gasteiger partial charge in [0, 0.05) is 30.9 Å². The van der Waals surface area contributed by atoms with Crippen LogP contribution in [0.4, 0.5) is 4.79 Å². The molecule has 1 atom stereocenters. The van der Waals surface area contributed by atoms with Crippen LogP contribution in [0, 0.1) is 0 Å². The quantitative estimate of drug-likeness (QED) is 0.572. The Labute approximate surface area is 153 Å². The molecule has 0 saturated carbocycles. The number of urea groups is 1. The number of carbonyl (C=O) groups excluding carboxylic acids is 1. The number of pyridine rings is 1. The number of carboxylic acids is 1. The summed E-state index contributed by atoms with van der Waals surface area (Å²) < 4.78 is 0. The lowest BCUT2D eigenvalue weighted by atomic mass is 10.0. The second kappa shape index (κ2) is 10.9. The summed E-state index contributed by atoms with van der Waals surface area (Å²) in [7, 11) is 0. The fourth-order valence-electron chi connectivity index (χ4n) is 2.68. The van der Waals surface area contributed by atoms with Crippen molar-refractivity contribution in [2.24, 2.45) is 0 Å². The van der Waals surface area contributed by atoms with E-state index in [0.717, 1.165) is 24.1 Å². The van der Waals surface area contributed by atoms with Gasteiger partial charge in [0.25, 0.3) is 0 Å². The molecule has 0 spiro atoms. The average molecular weight is 355 g/mol. The molecule has 1 heterocycles. The van der Waals surface area contributed by atoms with E-state index >= 15 is 0 Å². The zero-order chi connectivity index (χ0) is 18.6. The Bertz CT molecular complexity index is 677. The van der Waals surface area contributed by atoms with Crippen LogP contribution in [-0.2, 0) is 17.6 Å². The van der Waals surface area contributed by atoms with Crippen LogP contribution in [0.2, 0.25) is 0 Å². The van der Waals surface area contributed by atoms with Crippen molar-refractivity contribution in [2.45, 2.75) is 38.1 Å². The molecule has 0 fully saturated rings. The number of nitrogens with one attached hydrogen (secondary N) is 2. The second-order valence-corrected chi connectivity index (χ2v) is 6.14. The third kappa shape index (κ3) is 7.79. The number of aromatic nitrogens is 1. The molecular formula is C20H25N3O3. The minimum Gasteiger partial charge on any atom is -0.481 e. The summed E-state index contributed by atoms with van der Waals surface area (Å²) in [5, 5.41) is 14.6. The van der Waals surface area contributed by atoms with Crippen molar-refractivity contribution in [1.82, 2.24) is 15.6 Å². The maximum Gasteiger partial charge on any atom is 0.315 e. The number of hydrogen-bond acceptors (Lipinski definition) is 3. The number of carboxylic acid groups (broad SMARTS) is 1.